The van der Waals surface area contributed by atoms with Crippen molar-refractivity contribution >= 4 is 34.1 Å². The van der Waals surface area contributed by atoms with Gasteiger partial charge >= 0.3 is 0 Å². The highest BCUT2D eigenvalue weighted by Gasteiger charge is 2.13. The lowest BCUT2D eigenvalue weighted by molar-refractivity contribution is 0.0964. The normalized spacial score (nSPS) is 10.7. The van der Waals surface area contributed by atoms with Gasteiger partial charge in [0.2, 0.25) is 0 Å². The molecular weight excluding hydrogens is 298 g/mol. The Morgan fingerprint density at radius 2 is 1.91 bits per heavy atom. The van der Waals surface area contributed by atoms with E-state index in [4.69, 9.17) is 11.6 Å². The summed E-state index contributed by atoms with van der Waals surface area (Å²) < 4.78 is 0. The van der Waals surface area contributed by atoms with Crippen LogP contribution in [-0.4, -0.2) is 10.9 Å². The smallest absolute Gasteiger partial charge is 0.271 e. The third-order valence-corrected chi connectivity index (χ3v) is 3.97. The summed E-state index contributed by atoms with van der Waals surface area (Å²) in [5, 5.41) is 1.67. The van der Waals surface area contributed by atoms with Crippen LogP contribution in [0.15, 0.2) is 42.5 Å². The molecule has 1 aromatic heterocycles. The maximum atomic E-state index is 12.4. The minimum atomic E-state index is -0.202. The SMILES string of the molecule is Cc1[nH]c2c(C(=O)NNc3cccc(Cl)c3)cccc2c1C. The number of halogens is 1. The van der Waals surface area contributed by atoms with E-state index in [9.17, 15) is 4.79 Å². The van der Waals surface area contributed by atoms with Gasteiger partial charge in [0.05, 0.1) is 16.8 Å². The van der Waals surface area contributed by atoms with Gasteiger partial charge in [-0.05, 0) is 43.7 Å². The molecule has 1 heterocycles. The average Bonchev–Trinajstić information content (AvgIpc) is 2.80. The van der Waals surface area contributed by atoms with Crippen LogP contribution in [0.1, 0.15) is 21.6 Å². The van der Waals surface area contributed by atoms with Crippen LogP contribution < -0.4 is 10.9 Å². The van der Waals surface area contributed by atoms with Crippen LogP contribution in [0.25, 0.3) is 10.9 Å². The average molecular weight is 314 g/mol. The lowest BCUT2D eigenvalue weighted by atomic mass is 10.1. The number of anilines is 1. The quantitative estimate of drug-likeness (QED) is 0.635. The molecule has 0 aliphatic heterocycles. The van der Waals surface area contributed by atoms with Crippen molar-refractivity contribution in [1.29, 1.82) is 0 Å². The number of aryl methyl sites for hydroxylation is 2. The fourth-order valence-electron chi connectivity index (χ4n) is 2.43. The van der Waals surface area contributed by atoms with E-state index in [1.165, 1.54) is 0 Å². The van der Waals surface area contributed by atoms with E-state index in [0.29, 0.717) is 10.6 Å². The zero-order chi connectivity index (χ0) is 15.7. The molecule has 3 rings (SSSR count). The highest BCUT2D eigenvalue weighted by molar-refractivity contribution is 6.30. The molecule has 0 aliphatic rings. The predicted molar refractivity (Wildman–Crippen MR) is 90.3 cm³/mol. The van der Waals surface area contributed by atoms with Crippen LogP contribution in [-0.2, 0) is 0 Å². The second-order valence-electron chi connectivity index (χ2n) is 5.19. The zero-order valence-corrected chi connectivity index (χ0v) is 13.1. The molecule has 0 unspecified atom stereocenters. The van der Waals surface area contributed by atoms with Crippen molar-refractivity contribution in [3.05, 3.63) is 64.3 Å². The first-order valence-electron chi connectivity index (χ1n) is 6.96. The Morgan fingerprint density at radius 3 is 2.68 bits per heavy atom. The van der Waals surface area contributed by atoms with Crippen molar-refractivity contribution in [2.45, 2.75) is 13.8 Å². The Morgan fingerprint density at radius 1 is 1.14 bits per heavy atom. The Balaban J connectivity index is 1.85. The maximum absolute atomic E-state index is 12.4. The van der Waals surface area contributed by atoms with Crippen LogP contribution in [0.2, 0.25) is 5.02 Å². The van der Waals surface area contributed by atoms with Gasteiger partial charge in [-0.3, -0.25) is 15.6 Å². The molecule has 0 radical (unpaired) electrons. The van der Waals surface area contributed by atoms with E-state index >= 15 is 0 Å². The molecule has 3 N–H and O–H groups in total. The number of aromatic nitrogens is 1. The molecule has 0 saturated heterocycles. The van der Waals surface area contributed by atoms with Crippen LogP contribution in [0.4, 0.5) is 5.69 Å². The highest BCUT2D eigenvalue weighted by atomic mass is 35.5. The molecule has 2 aromatic carbocycles. The summed E-state index contributed by atoms with van der Waals surface area (Å²) >= 11 is 5.92. The van der Waals surface area contributed by atoms with Crippen molar-refractivity contribution < 1.29 is 4.79 Å². The van der Waals surface area contributed by atoms with Gasteiger partial charge in [-0.15, -0.1) is 0 Å². The van der Waals surface area contributed by atoms with E-state index in [1.807, 2.05) is 38.1 Å². The first-order chi connectivity index (χ1) is 10.6. The number of carbonyl (C=O) groups excluding carboxylic acids is 1. The molecule has 112 valence electrons. The molecule has 0 atom stereocenters. The number of hydrazine groups is 1. The third kappa shape index (κ3) is 2.65. The number of amides is 1. The Bertz CT molecular complexity index is 854. The van der Waals surface area contributed by atoms with Crippen molar-refractivity contribution in [2.75, 3.05) is 5.43 Å². The van der Waals surface area contributed by atoms with Crippen molar-refractivity contribution in [2.24, 2.45) is 0 Å². The molecular formula is C17H16ClN3O. The van der Waals surface area contributed by atoms with E-state index in [1.54, 1.807) is 18.2 Å². The van der Waals surface area contributed by atoms with Gasteiger partial charge in [-0.25, -0.2) is 0 Å². The number of aromatic amines is 1. The highest BCUT2D eigenvalue weighted by Crippen LogP contribution is 2.24. The Labute approximate surface area is 133 Å². The fraction of sp³-hybridized carbons (Fsp3) is 0.118. The van der Waals surface area contributed by atoms with Gasteiger partial charge in [-0.1, -0.05) is 29.8 Å². The third-order valence-electron chi connectivity index (χ3n) is 3.73. The Hall–Kier alpha value is -2.46. The summed E-state index contributed by atoms with van der Waals surface area (Å²) in [6, 6.07) is 12.9. The number of para-hydroxylation sites is 1. The van der Waals surface area contributed by atoms with Crippen molar-refractivity contribution in [3.63, 3.8) is 0 Å². The molecule has 3 aromatic rings. The predicted octanol–water partition coefficient (Wildman–Crippen LogP) is 4.20. The van der Waals surface area contributed by atoms with E-state index in [-0.39, 0.29) is 5.91 Å². The summed E-state index contributed by atoms with van der Waals surface area (Å²) in [5.74, 6) is -0.202. The van der Waals surface area contributed by atoms with Gasteiger partial charge in [0.15, 0.2) is 0 Å². The van der Waals surface area contributed by atoms with Gasteiger partial charge < -0.3 is 4.98 Å². The van der Waals surface area contributed by atoms with Gasteiger partial charge in [0, 0.05) is 16.1 Å². The number of benzene rings is 2. The first kappa shape index (κ1) is 14.5. The number of hydrogen-bond acceptors (Lipinski definition) is 2. The molecule has 0 fully saturated rings. The minimum Gasteiger partial charge on any atom is -0.358 e. The lowest BCUT2D eigenvalue weighted by Crippen LogP contribution is -2.29. The van der Waals surface area contributed by atoms with Crippen LogP contribution in [0.5, 0.6) is 0 Å². The maximum Gasteiger partial charge on any atom is 0.271 e. The lowest BCUT2D eigenvalue weighted by Gasteiger charge is -2.09. The van der Waals surface area contributed by atoms with E-state index in [0.717, 1.165) is 27.8 Å². The zero-order valence-electron chi connectivity index (χ0n) is 12.3. The second kappa shape index (κ2) is 5.73. The van der Waals surface area contributed by atoms with E-state index in [2.05, 4.69) is 15.8 Å². The molecule has 0 saturated carbocycles. The molecule has 0 aliphatic carbocycles. The van der Waals surface area contributed by atoms with Crippen LogP contribution in [0.3, 0.4) is 0 Å². The largest absolute Gasteiger partial charge is 0.358 e. The molecule has 0 bridgehead atoms. The first-order valence-corrected chi connectivity index (χ1v) is 7.34. The molecule has 22 heavy (non-hydrogen) atoms. The summed E-state index contributed by atoms with van der Waals surface area (Å²) in [6.07, 6.45) is 0. The molecule has 0 spiro atoms. The van der Waals surface area contributed by atoms with Gasteiger partial charge in [0.25, 0.3) is 5.91 Å². The monoisotopic (exact) mass is 313 g/mol. The number of carbonyl (C=O) groups is 1. The van der Waals surface area contributed by atoms with Crippen molar-refractivity contribution in [1.82, 2.24) is 10.4 Å². The summed E-state index contributed by atoms with van der Waals surface area (Å²) in [4.78, 5) is 15.7. The fourth-order valence-corrected chi connectivity index (χ4v) is 2.62. The summed E-state index contributed by atoms with van der Waals surface area (Å²) in [6.45, 7) is 4.04. The molecule has 4 nitrogen and oxygen atoms in total. The van der Waals surface area contributed by atoms with Crippen molar-refractivity contribution in [3.8, 4) is 0 Å². The Kier molecular flexibility index (Phi) is 3.77. The molecule has 5 heteroatoms. The second-order valence-corrected chi connectivity index (χ2v) is 5.63. The number of fused-ring (bicyclic) bond motifs is 1. The number of H-pyrrole nitrogens is 1. The summed E-state index contributed by atoms with van der Waals surface area (Å²) in [5.41, 5.74) is 9.97. The van der Waals surface area contributed by atoms with Crippen LogP contribution >= 0.6 is 11.6 Å². The summed E-state index contributed by atoms with van der Waals surface area (Å²) in [7, 11) is 0. The number of nitrogens with one attached hydrogen (secondary N) is 3. The van der Waals surface area contributed by atoms with Gasteiger partial charge in [-0.2, -0.15) is 0 Å². The molecule has 1 amide bonds. The number of hydrogen-bond donors (Lipinski definition) is 3. The van der Waals surface area contributed by atoms with Gasteiger partial charge in [0.1, 0.15) is 0 Å². The van der Waals surface area contributed by atoms with E-state index < -0.39 is 0 Å². The topological polar surface area (TPSA) is 56.9 Å². The number of rotatable bonds is 3. The minimum absolute atomic E-state index is 0.202. The van der Waals surface area contributed by atoms with Crippen LogP contribution in [0, 0.1) is 13.8 Å². The standard InChI is InChI=1S/C17H16ClN3O/c1-10-11(2)19-16-14(10)7-4-8-15(16)17(22)21-20-13-6-3-5-12(18)9-13/h3-9,19-20H,1-2H3,(H,21,22).